The van der Waals surface area contributed by atoms with Gasteiger partial charge in [0, 0.05) is 26.6 Å². The molecule has 0 bridgehead atoms. The molecule has 2 atom stereocenters. The Bertz CT molecular complexity index is 418. The first-order valence-corrected chi connectivity index (χ1v) is 7.95. The molecule has 0 aromatic heterocycles. The Hall–Kier alpha value is -0.480. The van der Waals surface area contributed by atoms with Crippen LogP contribution in [0, 0.1) is 5.92 Å². The lowest BCUT2D eigenvalue weighted by Gasteiger charge is -2.08. The van der Waals surface area contributed by atoms with Crippen LogP contribution in [-0.4, -0.2) is 21.5 Å². The Kier molecular flexibility index (Phi) is 6.06. The van der Waals surface area contributed by atoms with Crippen LogP contribution in [-0.2, 0) is 10.8 Å². The first-order valence-electron chi connectivity index (χ1n) is 5.67. The van der Waals surface area contributed by atoms with E-state index in [9.17, 15) is 9.00 Å². The Morgan fingerprint density at radius 3 is 2.65 bits per heavy atom. The van der Waals surface area contributed by atoms with Crippen molar-refractivity contribution in [2.24, 2.45) is 5.92 Å². The molecule has 0 heterocycles. The number of Topliss-reactive ketones (excluding diaryl/α,β-unsaturated/α-hetero) is 1. The van der Waals surface area contributed by atoms with Crippen molar-refractivity contribution in [1.29, 1.82) is 0 Å². The Balaban J connectivity index is 2.61. The first-order chi connectivity index (χ1) is 8.04. The number of rotatable bonds is 6. The third kappa shape index (κ3) is 4.72. The van der Waals surface area contributed by atoms with Crippen LogP contribution in [0.3, 0.4) is 0 Å². The minimum absolute atomic E-state index is 0.0564. The maximum atomic E-state index is 11.9. The van der Waals surface area contributed by atoms with Crippen molar-refractivity contribution in [3.63, 3.8) is 0 Å². The minimum atomic E-state index is -1.06. The summed E-state index contributed by atoms with van der Waals surface area (Å²) in [5, 5.41) is 0. The topological polar surface area (TPSA) is 34.1 Å². The second-order valence-corrected chi connectivity index (χ2v) is 6.52. The summed E-state index contributed by atoms with van der Waals surface area (Å²) in [6.45, 7) is 4.12. The van der Waals surface area contributed by atoms with Crippen molar-refractivity contribution in [2.45, 2.75) is 20.3 Å². The second-order valence-electron chi connectivity index (χ2n) is 4.17. The van der Waals surface area contributed by atoms with Crippen molar-refractivity contribution in [1.82, 2.24) is 0 Å². The highest BCUT2D eigenvalue weighted by atomic mass is 79.9. The molecule has 0 spiro atoms. The molecule has 0 fully saturated rings. The fraction of sp³-hybridized carbons (Fsp3) is 0.462. The van der Waals surface area contributed by atoms with Crippen molar-refractivity contribution >= 4 is 32.5 Å². The fourth-order valence-electron chi connectivity index (χ4n) is 1.41. The van der Waals surface area contributed by atoms with Gasteiger partial charge in [0.15, 0.2) is 5.78 Å². The summed E-state index contributed by atoms with van der Waals surface area (Å²) in [4.78, 5) is 11.9. The Morgan fingerprint density at radius 1 is 1.41 bits per heavy atom. The average molecular weight is 317 g/mol. The van der Waals surface area contributed by atoms with Gasteiger partial charge in [-0.2, -0.15) is 0 Å². The normalized spacial score (nSPS) is 14.3. The highest BCUT2D eigenvalue weighted by molar-refractivity contribution is 9.10. The minimum Gasteiger partial charge on any atom is -0.293 e. The molecule has 0 aliphatic heterocycles. The van der Waals surface area contributed by atoms with Crippen LogP contribution in [0.15, 0.2) is 28.7 Å². The molecule has 4 heteroatoms. The second kappa shape index (κ2) is 7.07. The molecule has 1 rings (SSSR count). The monoisotopic (exact) mass is 316 g/mol. The number of hydrogen-bond donors (Lipinski definition) is 0. The van der Waals surface area contributed by atoms with Gasteiger partial charge >= 0.3 is 0 Å². The van der Waals surface area contributed by atoms with E-state index in [4.69, 9.17) is 0 Å². The number of halogens is 1. The maximum absolute atomic E-state index is 11.9. The van der Waals surface area contributed by atoms with E-state index in [1.807, 2.05) is 18.2 Å². The molecule has 17 heavy (non-hydrogen) atoms. The van der Waals surface area contributed by atoms with Crippen LogP contribution in [0.2, 0.25) is 0 Å². The lowest BCUT2D eigenvalue weighted by molar-refractivity contribution is 0.102. The third-order valence-electron chi connectivity index (χ3n) is 2.63. The zero-order chi connectivity index (χ0) is 12.8. The highest BCUT2D eigenvalue weighted by Crippen LogP contribution is 2.17. The lowest BCUT2D eigenvalue weighted by atomic mass is 10.1. The Morgan fingerprint density at radius 2 is 2.06 bits per heavy atom. The molecular weight excluding hydrogens is 300 g/mol. The molecule has 0 aliphatic carbocycles. The number of carbonyl (C=O) groups is 1. The molecule has 0 N–H and O–H groups in total. The summed E-state index contributed by atoms with van der Waals surface area (Å²) in [5.41, 5.74) is 0.616. The van der Waals surface area contributed by atoms with Crippen molar-refractivity contribution in [3.05, 3.63) is 34.3 Å². The van der Waals surface area contributed by atoms with Gasteiger partial charge in [-0.25, -0.2) is 0 Å². The van der Waals surface area contributed by atoms with E-state index in [1.165, 1.54) is 0 Å². The summed E-state index contributed by atoms with van der Waals surface area (Å²) in [5.74, 6) is 1.07. The molecule has 2 nitrogen and oxygen atoms in total. The number of ketones is 1. The van der Waals surface area contributed by atoms with Gasteiger partial charge in [0.1, 0.15) is 0 Å². The van der Waals surface area contributed by atoms with Crippen LogP contribution in [0.5, 0.6) is 0 Å². The van der Waals surface area contributed by atoms with E-state index >= 15 is 0 Å². The standard InChI is InChI=1S/C13H17BrO2S/c1-3-10(2)8-17(16)9-13(15)11-6-4-5-7-12(11)14/h4-7,10H,3,8-9H2,1-2H3. The molecule has 94 valence electrons. The van der Waals surface area contributed by atoms with Crippen LogP contribution < -0.4 is 0 Å². The maximum Gasteiger partial charge on any atom is 0.176 e. The zero-order valence-electron chi connectivity index (χ0n) is 10.1. The molecule has 1 aromatic rings. The quantitative estimate of drug-likeness (QED) is 0.753. The molecular formula is C13H17BrO2S. The van der Waals surface area contributed by atoms with E-state index in [0.29, 0.717) is 17.2 Å². The molecule has 0 amide bonds. The summed E-state index contributed by atoms with van der Waals surface area (Å²) < 4.78 is 12.6. The number of hydrogen-bond acceptors (Lipinski definition) is 2. The fourth-order valence-corrected chi connectivity index (χ4v) is 3.35. The highest BCUT2D eigenvalue weighted by Gasteiger charge is 2.14. The summed E-state index contributed by atoms with van der Waals surface area (Å²) in [7, 11) is -1.06. The number of carbonyl (C=O) groups excluding carboxylic acids is 1. The van der Waals surface area contributed by atoms with Crippen LogP contribution in [0.4, 0.5) is 0 Å². The summed E-state index contributed by atoms with van der Waals surface area (Å²) >= 11 is 3.33. The van der Waals surface area contributed by atoms with Gasteiger partial charge in [0.25, 0.3) is 0 Å². The van der Waals surface area contributed by atoms with E-state index in [2.05, 4.69) is 29.8 Å². The van der Waals surface area contributed by atoms with Crippen molar-refractivity contribution in [2.75, 3.05) is 11.5 Å². The average Bonchev–Trinajstić information content (AvgIpc) is 2.29. The van der Waals surface area contributed by atoms with Crippen LogP contribution >= 0.6 is 15.9 Å². The van der Waals surface area contributed by atoms with Crippen LogP contribution in [0.25, 0.3) is 0 Å². The molecule has 0 radical (unpaired) electrons. The largest absolute Gasteiger partial charge is 0.293 e. The van der Waals surface area contributed by atoms with Gasteiger partial charge in [0.2, 0.25) is 0 Å². The summed E-state index contributed by atoms with van der Waals surface area (Å²) in [6, 6.07) is 7.25. The lowest BCUT2D eigenvalue weighted by Crippen LogP contribution is -2.17. The molecule has 2 unspecified atom stereocenters. The van der Waals surface area contributed by atoms with Gasteiger partial charge in [-0.1, -0.05) is 54.4 Å². The Labute approximate surface area is 113 Å². The number of benzene rings is 1. The van der Waals surface area contributed by atoms with Crippen molar-refractivity contribution in [3.8, 4) is 0 Å². The van der Waals surface area contributed by atoms with Gasteiger partial charge in [0.05, 0.1) is 5.75 Å². The van der Waals surface area contributed by atoms with E-state index < -0.39 is 10.8 Å². The van der Waals surface area contributed by atoms with Gasteiger partial charge in [-0.05, 0) is 12.0 Å². The van der Waals surface area contributed by atoms with E-state index in [0.717, 1.165) is 10.9 Å². The molecule has 0 saturated heterocycles. The van der Waals surface area contributed by atoms with Crippen LogP contribution in [0.1, 0.15) is 30.6 Å². The first kappa shape index (κ1) is 14.6. The predicted molar refractivity (Wildman–Crippen MR) is 75.8 cm³/mol. The SMILES string of the molecule is CCC(C)CS(=O)CC(=O)c1ccccc1Br. The molecule has 0 aliphatic rings. The smallest absolute Gasteiger partial charge is 0.176 e. The summed E-state index contributed by atoms with van der Waals surface area (Å²) in [6.07, 6.45) is 0.995. The van der Waals surface area contributed by atoms with E-state index in [-0.39, 0.29) is 11.5 Å². The van der Waals surface area contributed by atoms with Gasteiger partial charge in [-0.15, -0.1) is 0 Å². The third-order valence-corrected chi connectivity index (χ3v) is 4.85. The van der Waals surface area contributed by atoms with E-state index in [1.54, 1.807) is 6.07 Å². The molecule has 0 saturated carbocycles. The van der Waals surface area contributed by atoms with Crippen molar-refractivity contribution < 1.29 is 9.00 Å². The van der Waals surface area contributed by atoms with Gasteiger partial charge in [-0.3, -0.25) is 9.00 Å². The molecule has 1 aromatic carbocycles. The predicted octanol–water partition coefficient (Wildman–Crippen LogP) is 3.43. The zero-order valence-corrected chi connectivity index (χ0v) is 12.5. The van der Waals surface area contributed by atoms with Gasteiger partial charge < -0.3 is 0 Å².